The van der Waals surface area contributed by atoms with E-state index in [0.29, 0.717) is 5.41 Å². The van der Waals surface area contributed by atoms with Gasteiger partial charge >= 0.3 is 0 Å². The van der Waals surface area contributed by atoms with Crippen LogP contribution in [0.1, 0.15) is 24.8 Å². The molecule has 3 nitrogen and oxygen atoms in total. The van der Waals surface area contributed by atoms with E-state index in [1.807, 2.05) is 12.1 Å². The van der Waals surface area contributed by atoms with Crippen LogP contribution >= 0.6 is 0 Å². The van der Waals surface area contributed by atoms with Crippen molar-refractivity contribution in [2.75, 3.05) is 26.0 Å². The smallest absolute Gasteiger partial charge is 0.0468 e. The fraction of sp³-hybridized carbons (Fsp3) is 0.571. The molecule has 94 valence electrons. The van der Waals surface area contributed by atoms with Crippen LogP contribution in [0.3, 0.4) is 0 Å². The second-order valence-electron chi connectivity index (χ2n) is 5.09. The summed E-state index contributed by atoms with van der Waals surface area (Å²) in [6.07, 6.45) is 3.86. The van der Waals surface area contributed by atoms with Gasteiger partial charge in [0.1, 0.15) is 0 Å². The molecule has 0 atom stereocenters. The fourth-order valence-corrected chi connectivity index (χ4v) is 2.12. The van der Waals surface area contributed by atoms with E-state index in [1.165, 1.54) is 24.8 Å². The first-order chi connectivity index (χ1) is 8.24. The van der Waals surface area contributed by atoms with Crippen molar-refractivity contribution in [3.8, 4) is 0 Å². The van der Waals surface area contributed by atoms with Gasteiger partial charge in [-0.1, -0.05) is 12.1 Å². The average Bonchev–Trinajstić information content (AvgIpc) is 3.10. The molecule has 0 aromatic heterocycles. The lowest BCUT2D eigenvalue weighted by Crippen LogP contribution is -2.24. The maximum atomic E-state index is 5.66. The highest BCUT2D eigenvalue weighted by atomic mass is 16.5. The van der Waals surface area contributed by atoms with E-state index >= 15 is 0 Å². The first-order valence-electron chi connectivity index (χ1n) is 6.28. The molecule has 1 aliphatic rings. The minimum atomic E-state index is 0.518. The predicted octanol–water partition coefficient (Wildman–Crippen LogP) is 2.18. The topological polar surface area (TPSA) is 47.3 Å². The Labute approximate surface area is 103 Å². The lowest BCUT2D eigenvalue weighted by Gasteiger charge is -2.15. The number of anilines is 1. The third kappa shape index (κ3) is 3.72. The van der Waals surface area contributed by atoms with E-state index in [1.54, 1.807) is 7.11 Å². The maximum absolute atomic E-state index is 5.66. The van der Waals surface area contributed by atoms with E-state index in [2.05, 4.69) is 17.4 Å². The normalized spacial score (nSPS) is 17.0. The van der Waals surface area contributed by atoms with Crippen LogP contribution in [0.5, 0.6) is 0 Å². The Kier molecular flexibility index (Phi) is 4.02. The molecular weight excluding hydrogens is 212 g/mol. The third-order valence-corrected chi connectivity index (χ3v) is 3.60. The van der Waals surface area contributed by atoms with Crippen molar-refractivity contribution in [1.82, 2.24) is 5.32 Å². The first kappa shape index (κ1) is 12.4. The molecule has 1 aromatic carbocycles. The highest BCUT2D eigenvalue weighted by Gasteiger charge is 2.41. The molecule has 1 fully saturated rings. The number of nitrogens with one attached hydrogen (secondary N) is 1. The van der Waals surface area contributed by atoms with Crippen molar-refractivity contribution in [1.29, 1.82) is 0 Å². The van der Waals surface area contributed by atoms with E-state index in [4.69, 9.17) is 10.5 Å². The third-order valence-electron chi connectivity index (χ3n) is 3.60. The molecule has 0 unspecified atom stereocenters. The van der Waals surface area contributed by atoms with Crippen molar-refractivity contribution in [3.63, 3.8) is 0 Å². The van der Waals surface area contributed by atoms with Gasteiger partial charge in [0.25, 0.3) is 0 Å². The van der Waals surface area contributed by atoms with Gasteiger partial charge in [-0.2, -0.15) is 0 Å². The number of ether oxygens (including phenoxy) is 1. The molecule has 17 heavy (non-hydrogen) atoms. The summed E-state index contributed by atoms with van der Waals surface area (Å²) in [6, 6.07) is 8.07. The fourth-order valence-electron chi connectivity index (χ4n) is 2.12. The van der Waals surface area contributed by atoms with Gasteiger partial charge in [-0.3, -0.25) is 0 Å². The van der Waals surface area contributed by atoms with E-state index in [9.17, 15) is 0 Å². The molecule has 0 spiro atoms. The number of rotatable bonds is 7. The monoisotopic (exact) mass is 234 g/mol. The Morgan fingerprint density at radius 1 is 1.29 bits per heavy atom. The molecule has 0 saturated heterocycles. The molecule has 0 heterocycles. The molecule has 2 rings (SSSR count). The van der Waals surface area contributed by atoms with E-state index in [0.717, 1.165) is 25.4 Å². The van der Waals surface area contributed by atoms with Crippen LogP contribution in [-0.4, -0.2) is 20.3 Å². The molecule has 3 N–H and O–H groups in total. The highest BCUT2D eigenvalue weighted by Crippen LogP contribution is 2.48. The number of hydrogen-bond donors (Lipinski definition) is 2. The van der Waals surface area contributed by atoms with Gasteiger partial charge in [0.15, 0.2) is 0 Å². The Bertz CT molecular complexity index is 344. The lowest BCUT2D eigenvalue weighted by molar-refractivity contribution is 0.171. The molecule has 0 amide bonds. The first-order valence-corrected chi connectivity index (χ1v) is 6.28. The largest absolute Gasteiger partial charge is 0.399 e. The van der Waals surface area contributed by atoms with Crippen molar-refractivity contribution in [3.05, 3.63) is 29.8 Å². The zero-order chi connectivity index (χ0) is 12.1. The second-order valence-corrected chi connectivity index (χ2v) is 5.09. The minimum absolute atomic E-state index is 0.518. The SMILES string of the molecule is COCCC1(CNCc2ccc(N)cc2)CC1. The van der Waals surface area contributed by atoms with Crippen molar-refractivity contribution in [2.45, 2.75) is 25.8 Å². The van der Waals surface area contributed by atoms with Crippen LogP contribution in [0.4, 0.5) is 5.69 Å². The predicted molar refractivity (Wildman–Crippen MR) is 70.7 cm³/mol. The standard InChI is InChI=1S/C14H22N2O/c1-17-9-8-14(6-7-14)11-16-10-12-2-4-13(15)5-3-12/h2-5,16H,6-11,15H2,1H3. The summed E-state index contributed by atoms with van der Waals surface area (Å²) in [7, 11) is 1.78. The number of methoxy groups -OCH3 is 1. The summed E-state index contributed by atoms with van der Waals surface area (Å²) < 4.78 is 5.15. The van der Waals surface area contributed by atoms with Gasteiger partial charge < -0.3 is 15.8 Å². The highest BCUT2D eigenvalue weighted by molar-refractivity contribution is 5.39. The van der Waals surface area contributed by atoms with Gasteiger partial charge in [0.2, 0.25) is 0 Å². The Morgan fingerprint density at radius 2 is 2.00 bits per heavy atom. The summed E-state index contributed by atoms with van der Waals surface area (Å²) in [6.45, 7) is 2.90. The minimum Gasteiger partial charge on any atom is -0.399 e. The van der Waals surface area contributed by atoms with Crippen molar-refractivity contribution >= 4 is 5.69 Å². The van der Waals surface area contributed by atoms with Crippen molar-refractivity contribution in [2.24, 2.45) is 5.41 Å². The van der Waals surface area contributed by atoms with Crippen LogP contribution in [-0.2, 0) is 11.3 Å². The maximum Gasteiger partial charge on any atom is 0.0468 e. The lowest BCUT2D eigenvalue weighted by atomic mass is 10.0. The van der Waals surface area contributed by atoms with Gasteiger partial charge in [-0.15, -0.1) is 0 Å². The van der Waals surface area contributed by atoms with Crippen molar-refractivity contribution < 1.29 is 4.74 Å². The summed E-state index contributed by atoms with van der Waals surface area (Å²) >= 11 is 0. The molecular formula is C14H22N2O. The van der Waals surface area contributed by atoms with Crippen LogP contribution in [0, 0.1) is 5.41 Å². The molecule has 1 aromatic rings. The summed E-state index contributed by atoms with van der Waals surface area (Å²) in [4.78, 5) is 0. The molecule has 3 heteroatoms. The second kappa shape index (κ2) is 5.52. The summed E-state index contributed by atoms with van der Waals surface area (Å²) in [5, 5.41) is 3.54. The van der Waals surface area contributed by atoms with Crippen LogP contribution in [0.15, 0.2) is 24.3 Å². The summed E-state index contributed by atoms with van der Waals surface area (Å²) in [5.74, 6) is 0. The van der Waals surface area contributed by atoms with Crippen LogP contribution in [0.25, 0.3) is 0 Å². The molecule has 1 saturated carbocycles. The van der Waals surface area contributed by atoms with Gasteiger partial charge in [-0.05, 0) is 42.4 Å². The zero-order valence-electron chi connectivity index (χ0n) is 10.5. The molecule has 1 aliphatic carbocycles. The van der Waals surface area contributed by atoms with Gasteiger partial charge in [0.05, 0.1) is 0 Å². The number of benzene rings is 1. The number of nitrogen functional groups attached to an aromatic ring is 1. The van der Waals surface area contributed by atoms with Crippen LogP contribution < -0.4 is 11.1 Å². The van der Waals surface area contributed by atoms with Gasteiger partial charge in [0, 0.05) is 32.5 Å². The van der Waals surface area contributed by atoms with Crippen LogP contribution in [0.2, 0.25) is 0 Å². The Hall–Kier alpha value is -1.06. The molecule has 0 radical (unpaired) electrons. The van der Waals surface area contributed by atoms with E-state index in [-0.39, 0.29) is 0 Å². The molecule has 0 bridgehead atoms. The van der Waals surface area contributed by atoms with Gasteiger partial charge in [-0.25, -0.2) is 0 Å². The Morgan fingerprint density at radius 3 is 2.59 bits per heavy atom. The number of nitrogens with two attached hydrogens (primary N) is 1. The molecule has 0 aliphatic heterocycles. The van der Waals surface area contributed by atoms with E-state index < -0.39 is 0 Å². The summed E-state index contributed by atoms with van der Waals surface area (Å²) in [5.41, 5.74) is 8.29. The quantitative estimate of drug-likeness (QED) is 0.711. The Balaban J connectivity index is 1.71. The number of hydrogen-bond acceptors (Lipinski definition) is 3. The average molecular weight is 234 g/mol. The zero-order valence-corrected chi connectivity index (χ0v) is 10.5.